The molecule has 3 rings (SSSR count). The number of benzene rings is 1. The molecule has 0 amide bonds. The SMILES string of the molecule is Cc1c(CCN2CCNCC2)c2cc(C(=O)O)ccc2n1CCO. The van der Waals surface area contributed by atoms with E-state index in [-0.39, 0.29) is 6.61 Å². The van der Waals surface area contributed by atoms with E-state index in [0.29, 0.717) is 12.1 Å². The average Bonchev–Trinajstić information content (AvgIpc) is 2.85. The van der Waals surface area contributed by atoms with Crippen molar-refractivity contribution in [2.75, 3.05) is 39.3 Å². The maximum atomic E-state index is 11.3. The van der Waals surface area contributed by atoms with Gasteiger partial charge in [0, 0.05) is 55.9 Å². The summed E-state index contributed by atoms with van der Waals surface area (Å²) in [5.41, 5.74) is 3.63. The Hall–Kier alpha value is -1.89. The van der Waals surface area contributed by atoms with Crippen LogP contribution < -0.4 is 5.32 Å². The van der Waals surface area contributed by atoms with Crippen LogP contribution in [0.3, 0.4) is 0 Å². The molecule has 0 unspecified atom stereocenters. The molecular weight excluding hydrogens is 306 g/mol. The zero-order valence-corrected chi connectivity index (χ0v) is 14.1. The number of aliphatic hydroxyl groups excluding tert-OH is 1. The number of hydrogen-bond acceptors (Lipinski definition) is 4. The zero-order chi connectivity index (χ0) is 17.1. The van der Waals surface area contributed by atoms with Gasteiger partial charge in [-0.1, -0.05) is 0 Å². The van der Waals surface area contributed by atoms with E-state index in [0.717, 1.165) is 55.7 Å². The lowest BCUT2D eigenvalue weighted by molar-refractivity contribution is 0.0697. The summed E-state index contributed by atoms with van der Waals surface area (Å²) in [6.07, 6.45) is 0.893. The van der Waals surface area contributed by atoms with Crippen molar-refractivity contribution in [2.24, 2.45) is 0 Å². The first-order valence-corrected chi connectivity index (χ1v) is 8.50. The average molecular weight is 331 g/mol. The normalized spacial score (nSPS) is 15.9. The molecule has 24 heavy (non-hydrogen) atoms. The molecule has 0 saturated carbocycles. The summed E-state index contributed by atoms with van der Waals surface area (Å²) in [4.78, 5) is 13.8. The van der Waals surface area contributed by atoms with Crippen LogP contribution in [-0.4, -0.2) is 65.0 Å². The Balaban J connectivity index is 1.95. The number of nitrogens with zero attached hydrogens (tertiary/aromatic N) is 2. The van der Waals surface area contributed by atoms with Gasteiger partial charge in [-0.25, -0.2) is 4.79 Å². The maximum Gasteiger partial charge on any atom is 0.335 e. The molecule has 0 spiro atoms. The van der Waals surface area contributed by atoms with Gasteiger partial charge in [0.25, 0.3) is 0 Å². The molecule has 1 aromatic carbocycles. The first-order valence-electron chi connectivity index (χ1n) is 8.50. The lowest BCUT2D eigenvalue weighted by Crippen LogP contribution is -2.44. The van der Waals surface area contributed by atoms with Gasteiger partial charge >= 0.3 is 5.97 Å². The number of fused-ring (bicyclic) bond motifs is 1. The van der Waals surface area contributed by atoms with Gasteiger partial charge in [0.15, 0.2) is 0 Å². The van der Waals surface area contributed by atoms with E-state index < -0.39 is 5.97 Å². The minimum Gasteiger partial charge on any atom is -0.478 e. The number of piperazine rings is 1. The Kier molecular flexibility index (Phi) is 5.18. The van der Waals surface area contributed by atoms with E-state index in [4.69, 9.17) is 0 Å². The fourth-order valence-corrected chi connectivity index (χ4v) is 3.59. The minimum absolute atomic E-state index is 0.0720. The molecule has 0 radical (unpaired) electrons. The van der Waals surface area contributed by atoms with E-state index >= 15 is 0 Å². The van der Waals surface area contributed by atoms with Gasteiger partial charge in [-0.3, -0.25) is 0 Å². The Morgan fingerprint density at radius 1 is 1.25 bits per heavy atom. The second-order valence-electron chi connectivity index (χ2n) is 6.32. The lowest BCUT2D eigenvalue weighted by Gasteiger charge is -2.27. The minimum atomic E-state index is -0.905. The Bertz CT molecular complexity index is 733. The van der Waals surface area contributed by atoms with E-state index in [1.54, 1.807) is 12.1 Å². The highest BCUT2D eigenvalue weighted by molar-refractivity contribution is 5.95. The van der Waals surface area contributed by atoms with Crippen molar-refractivity contribution in [2.45, 2.75) is 19.9 Å². The van der Waals surface area contributed by atoms with Crippen molar-refractivity contribution in [3.05, 3.63) is 35.0 Å². The standard InChI is InChI=1S/C18H25N3O3/c1-13-15(4-7-20-8-5-19-6-9-20)16-12-14(18(23)24)2-3-17(16)21(13)10-11-22/h2-3,12,19,22H,4-11H2,1H3,(H,23,24). The summed E-state index contributed by atoms with van der Waals surface area (Å²) in [5.74, 6) is -0.905. The largest absolute Gasteiger partial charge is 0.478 e. The second kappa shape index (κ2) is 7.34. The van der Waals surface area contributed by atoms with Crippen LogP contribution in [0.2, 0.25) is 0 Å². The van der Waals surface area contributed by atoms with Gasteiger partial charge in [-0.05, 0) is 37.1 Å². The Morgan fingerprint density at radius 2 is 2.00 bits per heavy atom. The number of carboxylic acid groups (broad SMARTS) is 1. The molecule has 1 aromatic heterocycles. The van der Waals surface area contributed by atoms with Gasteiger partial charge in [0.2, 0.25) is 0 Å². The molecule has 2 aromatic rings. The van der Waals surface area contributed by atoms with Crippen molar-refractivity contribution in [3.63, 3.8) is 0 Å². The number of aromatic carboxylic acids is 1. The molecule has 0 atom stereocenters. The molecule has 130 valence electrons. The van der Waals surface area contributed by atoms with Gasteiger partial charge < -0.3 is 25.0 Å². The number of hydrogen-bond donors (Lipinski definition) is 3. The first kappa shape index (κ1) is 17.0. The number of rotatable bonds is 6. The highest BCUT2D eigenvalue weighted by atomic mass is 16.4. The first-order chi connectivity index (χ1) is 11.6. The van der Waals surface area contributed by atoms with Crippen molar-refractivity contribution in [1.82, 2.24) is 14.8 Å². The molecule has 0 bridgehead atoms. The van der Waals surface area contributed by atoms with Crippen LogP contribution in [-0.2, 0) is 13.0 Å². The van der Waals surface area contributed by atoms with Crippen LogP contribution >= 0.6 is 0 Å². The molecule has 1 saturated heterocycles. The van der Waals surface area contributed by atoms with E-state index in [2.05, 4.69) is 21.7 Å². The third-order valence-electron chi connectivity index (χ3n) is 4.91. The topological polar surface area (TPSA) is 77.7 Å². The van der Waals surface area contributed by atoms with Crippen LogP contribution in [0.15, 0.2) is 18.2 Å². The third-order valence-corrected chi connectivity index (χ3v) is 4.91. The molecule has 1 aliphatic rings. The molecule has 2 heterocycles. The van der Waals surface area contributed by atoms with Crippen molar-refractivity contribution >= 4 is 16.9 Å². The summed E-state index contributed by atoms with van der Waals surface area (Å²) in [7, 11) is 0. The monoisotopic (exact) mass is 331 g/mol. The summed E-state index contributed by atoms with van der Waals surface area (Å²) in [5, 5.41) is 23.0. The summed E-state index contributed by atoms with van der Waals surface area (Å²) in [6.45, 7) is 7.78. The van der Waals surface area contributed by atoms with Crippen molar-refractivity contribution in [3.8, 4) is 0 Å². The third kappa shape index (κ3) is 3.31. The molecule has 1 aliphatic heterocycles. The predicted molar refractivity (Wildman–Crippen MR) is 93.7 cm³/mol. The zero-order valence-electron chi connectivity index (χ0n) is 14.1. The van der Waals surface area contributed by atoms with Crippen LogP contribution in [0.5, 0.6) is 0 Å². The van der Waals surface area contributed by atoms with Crippen LogP contribution in [0.25, 0.3) is 10.9 Å². The Morgan fingerprint density at radius 3 is 2.67 bits per heavy atom. The van der Waals surface area contributed by atoms with Gasteiger partial charge in [-0.2, -0.15) is 0 Å². The fraction of sp³-hybridized carbons (Fsp3) is 0.500. The lowest BCUT2D eigenvalue weighted by atomic mass is 10.0. The quantitative estimate of drug-likeness (QED) is 0.738. The second-order valence-corrected chi connectivity index (χ2v) is 6.32. The number of nitrogens with one attached hydrogen (secondary N) is 1. The van der Waals surface area contributed by atoms with Crippen molar-refractivity contribution < 1.29 is 15.0 Å². The number of carboxylic acids is 1. The van der Waals surface area contributed by atoms with Crippen LogP contribution in [0.1, 0.15) is 21.6 Å². The van der Waals surface area contributed by atoms with E-state index in [1.165, 1.54) is 5.56 Å². The van der Waals surface area contributed by atoms with Gasteiger partial charge in [0.1, 0.15) is 0 Å². The highest BCUT2D eigenvalue weighted by Crippen LogP contribution is 2.28. The van der Waals surface area contributed by atoms with E-state index in [9.17, 15) is 15.0 Å². The van der Waals surface area contributed by atoms with Crippen molar-refractivity contribution in [1.29, 1.82) is 0 Å². The Labute approximate surface area is 141 Å². The van der Waals surface area contributed by atoms with Crippen LogP contribution in [0, 0.1) is 6.92 Å². The molecule has 6 heteroatoms. The molecular formula is C18H25N3O3. The number of aromatic nitrogens is 1. The molecule has 1 fully saturated rings. The summed E-state index contributed by atoms with van der Waals surface area (Å²) < 4.78 is 2.09. The predicted octanol–water partition coefficient (Wildman–Crippen LogP) is 1.09. The van der Waals surface area contributed by atoms with Crippen LogP contribution in [0.4, 0.5) is 0 Å². The van der Waals surface area contributed by atoms with Gasteiger partial charge in [-0.15, -0.1) is 0 Å². The summed E-state index contributed by atoms with van der Waals surface area (Å²) in [6, 6.07) is 5.26. The molecule has 0 aliphatic carbocycles. The molecule has 3 N–H and O–H groups in total. The smallest absolute Gasteiger partial charge is 0.335 e. The maximum absolute atomic E-state index is 11.3. The highest BCUT2D eigenvalue weighted by Gasteiger charge is 2.17. The molecule has 6 nitrogen and oxygen atoms in total. The summed E-state index contributed by atoms with van der Waals surface area (Å²) >= 11 is 0. The van der Waals surface area contributed by atoms with E-state index in [1.807, 2.05) is 6.07 Å². The van der Waals surface area contributed by atoms with Gasteiger partial charge in [0.05, 0.1) is 12.2 Å². The fourth-order valence-electron chi connectivity index (χ4n) is 3.59. The number of carbonyl (C=O) groups is 1. The number of aliphatic hydroxyl groups is 1.